The van der Waals surface area contributed by atoms with Crippen molar-refractivity contribution in [2.45, 2.75) is 38.0 Å². The molecule has 0 heterocycles. The lowest BCUT2D eigenvalue weighted by molar-refractivity contribution is 0.443. The highest BCUT2D eigenvalue weighted by atomic mass is 14.5. The Morgan fingerprint density at radius 2 is 1.58 bits per heavy atom. The number of hydrogen-bond acceptors (Lipinski definition) is 0. The van der Waals surface area contributed by atoms with Crippen molar-refractivity contribution in [1.82, 2.24) is 0 Å². The predicted octanol–water partition coefficient (Wildman–Crippen LogP) is 6.34. The standard InChI is InChI=1S/C24H26/c1-5-7-13-19(6-2)24(20-14-9-8-10-15-20)18-23(3,4)21-16-11-12-17-22(21)24/h5-17H,1,18H2,2-4H3/b13-7-,19-6+. The molecule has 0 nitrogen and oxygen atoms in total. The minimum Gasteiger partial charge on any atom is -0.0991 e. The minimum atomic E-state index is -0.102. The second-order valence-electron chi connectivity index (χ2n) is 7.22. The zero-order valence-corrected chi connectivity index (χ0v) is 14.9. The van der Waals surface area contributed by atoms with Gasteiger partial charge in [0.15, 0.2) is 0 Å². The molecule has 3 rings (SSSR count). The van der Waals surface area contributed by atoms with Gasteiger partial charge in [0.2, 0.25) is 0 Å². The van der Waals surface area contributed by atoms with Gasteiger partial charge in [-0.3, -0.25) is 0 Å². The number of allylic oxidation sites excluding steroid dienone is 5. The first-order valence-electron chi connectivity index (χ1n) is 8.67. The van der Waals surface area contributed by atoms with Gasteiger partial charge in [0.05, 0.1) is 0 Å². The lowest BCUT2D eigenvalue weighted by Gasteiger charge is -2.34. The van der Waals surface area contributed by atoms with Crippen LogP contribution in [0.5, 0.6) is 0 Å². The normalized spacial score (nSPS) is 22.5. The van der Waals surface area contributed by atoms with Crippen LogP contribution in [0.2, 0.25) is 0 Å². The molecule has 0 saturated heterocycles. The largest absolute Gasteiger partial charge is 0.0991 e. The fourth-order valence-corrected chi connectivity index (χ4v) is 4.36. The maximum atomic E-state index is 3.85. The van der Waals surface area contributed by atoms with E-state index in [1.807, 2.05) is 12.2 Å². The van der Waals surface area contributed by atoms with Crippen LogP contribution in [0.15, 0.2) is 91.1 Å². The molecule has 0 spiro atoms. The average molecular weight is 314 g/mol. The van der Waals surface area contributed by atoms with Crippen LogP contribution in [0.25, 0.3) is 0 Å². The second-order valence-corrected chi connectivity index (χ2v) is 7.22. The van der Waals surface area contributed by atoms with Gasteiger partial charge in [-0.1, -0.05) is 99.3 Å². The summed E-state index contributed by atoms with van der Waals surface area (Å²) >= 11 is 0. The molecule has 0 bridgehead atoms. The van der Waals surface area contributed by atoms with Crippen molar-refractivity contribution in [2.24, 2.45) is 0 Å². The number of fused-ring (bicyclic) bond motifs is 1. The van der Waals surface area contributed by atoms with Gasteiger partial charge < -0.3 is 0 Å². The second kappa shape index (κ2) is 6.28. The average Bonchev–Trinajstić information content (AvgIpc) is 2.86. The zero-order chi connectivity index (χ0) is 17.2. The van der Waals surface area contributed by atoms with Crippen LogP contribution in [0.4, 0.5) is 0 Å². The van der Waals surface area contributed by atoms with Gasteiger partial charge in [-0.25, -0.2) is 0 Å². The molecular formula is C24H26. The van der Waals surface area contributed by atoms with E-state index in [2.05, 4.69) is 94.1 Å². The Kier molecular flexibility index (Phi) is 4.32. The fourth-order valence-electron chi connectivity index (χ4n) is 4.36. The van der Waals surface area contributed by atoms with Gasteiger partial charge >= 0.3 is 0 Å². The van der Waals surface area contributed by atoms with Crippen LogP contribution in [-0.2, 0) is 10.8 Å². The van der Waals surface area contributed by atoms with Gasteiger partial charge in [-0.2, -0.15) is 0 Å². The molecule has 0 amide bonds. The van der Waals surface area contributed by atoms with E-state index in [1.54, 1.807) is 0 Å². The number of hydrogen-bond donors (Lipinski definition) is 0. The molecule has 122 valence electrons. The number of rotatable bonds is 4. The Balaban J connectivity index is 2.34. The molecule has 0 aromatic heterocycles. The molecule has 1 aliphatic rings. The summed E-state index contributed by atoms with van der Waals surface area (Å²) in [6, 6.07) is 19.9. The van der Waals surface area contributed by atoms with Gasteiger partial charge in [0.25, 0.3) is 0 Å². The fraction of sp³-hybridized carbons (Fsp3) is 0.250. The van der Waals surface area contributed by atoms with Crippen molar-refractivity contribution in [3.05, 3.63) is 108 Å². The minimum absolute atomic E-state index is 0.102. The van der Waals surface area contributed by atoms with Gasteiger partial charge in [0, 0.05) is 5.41 Å². The highest BCUT2D eigenvalue weighted by molar-refractivity contribution is 5.60. The van der Waals surface area contributed by atoms with Crippen LogP contribution in [-0.4, -0.2) is 0 Å². The maximum absolute atomic E-state index is 3.85. The summed E-state index contributed by atoms with van der Waals surface area (Å²) < 4.78 is 0. The SMILES string of the molecule is C=C/C=C\C(=C/C)C1(c2ccccc2)CC(C)(C)c2ccccc21. The highest BCUT2D eigenvalue weighted by Crippen LogP contribution is 2.56. The summed E-state index contributed by atoms with van der Waals surface area (Å²) in [5.41, 5.74) is 5.64. The van der Waals surface area contributed by atoms with E-state index in [0.29, 0.717) is 0 Å². The molecule has 0 fully saturated rings. The quantitative estimate of drug-likeness (QED) is 0.577. The Labute approximate surface area is 146 Å². The third-order valence-corrected chi connectivity index (χ3v) is 5.31. The first-order chi connectivity index (χ1) is 11.6. The molecular weight excluding hydrogens is 288 g/mol. The summed E-state index contributed by atoms with van der Waals surface area (Å²) in [4.78, 5) is 0. The van der Waals surface area contributed by atoms with E-state index >= 15 is 0 Å². The Morgan fingerprint density at radius 1 is 0.958 bits per heavy atom. The molecule has 0 heteroatoms. The molecule has 0 aliphatic heterocycles. The first kappa shape index (κ1) is 16.5. The monoisotopic (exact) mass is 314 g/mol. The summed E-state index contributed by atoms with van der Waals surface area (Å²) in [5, 5.41) is 0. The van der Waals surface area contributed by atoms with Gasteiger partial charge in [0.1, 0.15) is 0 Å². The van der Waals surface area contributed by atoms with Crippen molar-refractivity contribution in [1.29, 1.82) is 0 Å². The lowest BCUT2D eigenvalue weighted by Crippen LogP contribution is -2.29. The molecule has 0 saturated carbocycles. The molecule has 1 atom stereocenters. The molecule has 2 aromatic carbocycles. The Morgan fingerprint density at radius 3 is 2.21 bits per heavy atom. The molecule has 0 N–H and O–H groups in total. The van der Waals surface area contributed by atoms with Crippen LogP contribution in [0, 0.1) is 0 Å². The van der Waals surface area contributed by atoms with Crippen molar-refractivity contribution < 1.29 is 0 Å². The van der Waals surface area contributed by atoms with Crippen LogP contribution in [0.1, 0.15) is 43.9 Å². The van der Waals surface area contributed by atoms with E-state index in [9.17, 15) is 0 Å². The molecule has 24 heavy (non-hydrogen) atoms. The van der Waals surface area contributed by atoms with Gasteiger partial charge in [-0.05, 0) is 41.0 Å². The van der Waals surface area contributed by atoms with E-state index in [4.69, 9.17) is 0 Å². The Bertz CT molecular complexity index is 790. The van der Waals surface area contributed by atoms with Crippen LogP contribution < -0.4 is 0 Å². The van der Waals surface area contributed by atoms with Crippen molar-refractivity contribution in [3.63, 3.8) is 0 Å². The molecule has 0 radical (unpaired) electrons. The summed E-state index contributed by atoms with van der Waals surface area (Å²) in [6.45, 7) is 10.7. The maximum Gasteiger partial charge on any atom is 0.0459 e. The van der Waals surface area contributed by atoms with E-state index in [-0.39, 0.29) is 10.8 Å². The topological polar surface area (TPSA) is 0 Å². The van der Waals surface area contributed by atoms with Crippen LogP contribution >= 0.6 is 0 Å². The van der Waals surface area contributed by atoms with E-state index < -0.39 is 0 Å². The van der Waals surface area contributed by atoms with Crippen LogP contribution in [0.3, 0.4) is 0 Å². The van der Waals surface area contributed by atoms with E-state index in [1.165, 1.54) is 22.3 Å². The van der Waals surface area contributed by atoms with Gasteiger partial charge in [-0.15, -0.1) is 0 Å². The Hall–Kier alpha value is -2.34. The first-order valence-corrected chi connectivity index (χ1v) is 8.67. The van der Waals surface area contributed by atoms with E-state index in [0.717, 1.165) is 6.42 Å². The predicted molar refractivity (Wildman–Crippen MR) is 104 cm³/mol. The summed E-state index contributed by atoms with van der Waals surface area (Å²) in [7, 11) is 0. The summed E-state index contributed by atoms with van der Waals surface area (Å²) in [5.74, 6) is 0. The summed E-state index contributed by atoms with van der Waals surface area (Å²) in [6.07, 6.45) is 9.45. The smallest absolute Gasteiger partial charge is 0.0459 e. The highest BCUT2D eigenvalue weighted by Gasteiger charge is 2.49. The third-order valence-electron chi connectivity index (χ3n) is 5.31. The molecule has 1 unspecified atom stereocenters. The molecule has 1 aliphatic carbocycles. The zero-order valence-electron chi connectivity index (χ0n) is 14.9. The number of benzene rings is 2. The lowest BCUT2D eigenvalue weighted by atomic mass is 9.68. The van der Waals surface area contributed by atoms with Crippen molar-refractivity contribution in [3.8, 4) is 0 Å². The molecule has 2 aromatic rings. The third kappa shape index (κ3) is 2.47. The van der Waals surface area contributed by atoms with Crippen molar-refractivity contribution in [2.75, 3.05) is 0 Å². The van der Waals surface area contributed by atoms with Crippen molar-refractivity contribution >= 4 is 0 Å².